The highest BCUT2D eigenvalue weighted by Gasteiger charge is 2.48. The first-order valence-corrected chi connectivity index (χ1v) is 16.7. The van der Waals surface area contributed by atoms with Crippen LogP contribution in [0.5, 0.6) is 5.75 Å². The zero-order chi connectivity index (χ0) is 33.2. The Morgan fingerprint density at radius 2 is 1.56 bits per heavy atom. The molecule has 256 valence electrons. The van der Waals surface area contributed by atoms with Crippen LogP contribution < -0.4 is 15.4 Å². The van der Waals surface area contributed by atoms with E-state index in [1.54, 1.807) is 26.2 Å². The summed E-state index contributed by atoms with van der Waals surface area (Å²) in [6, 6.07) is 24.8. The molecule has 0 spiro atoms. The van der Waals surface area contributed by atoms with Crippen LogP contribution >= 0.6 is 13.5 Å². The number of ether oxygens (including phenoxy) is 2. The summed E-state index contributed by atoms with van der Waals surface area (Å²) in [5.41, 5.74) is 2.20. The number of benzene rings is 3. The fraction of sp³-hybridized carbons (Fsp3) is 0.421. The van der Waals surface area contributed by atoms with Crippen molar-refractivity contribution in [3.8, 4) is 5.75 Å². The van der Waals surface area contributed by atoms with E-state index >= 15 is 0 Å². The Morgan fingerprint density at radius 1 is 0.875 bits per heavy atom. The van der Waals surface area contributed by atoms with Gasteiger partial charge in [-0.05, 0) is 74.3 Å². The highest BCUT2D eigenvalue weighted by atomic mass is 32.1. The summed E-state index contributed by atoms with van der Waals surface area (Å²) in [5, 5.41) is 6.27. The zero-order valence-corrected chi connectivity index (χ0v) is 28.8. The topological polar surface area (TPSA) is 114 Å². The molecule has 10 heteroatoms. The Hall–Kier alpha value is -4.31. The van der Waals surface area contributed by atoms with E-state index < -0.39 is 5.41 Å². The second kappa shape index (κ2) is 17.2. The number of nitrogens with one attached hydrogen (secondary N) is 2. The third-order valence-corrected chi connectivity index (χ3v) is 9.45. The first kappa shape index (κ1) is 36.5. The molecule has 1 saturated heterocycles. The SMILES string of the molecule is CCOC(=O)CCCCNC(=O)[C@@]1(c2ccccc2)CC[C@H](C(=O)N2CCC(NC(=O)c3ccccc3OC)CC2)c2ccccc21.S. The second-order valence-electron chi connectivity index (χ2n) is 12.2. The first-order chi connectivity index (χ1) is 22.9. The highest BCUT2D eigenvalue weighted by molar-refractivity contribution is 7.59. The number of rotatable bonds is 12. The molecule has 0 unspecified atom stereocenters. The van der Waals surface area contributed by atoms with Crippen molar-refractivity contribution in [2.75, 3.05) is 33.4 Å². The molecular formula is C38H47N3O6S. The Bertz CT molecular complexity index is 1560. The number of likely N-dealkylation sites (tertiary alicyclic amines) is 1. The number of carbonyl (C=O) groups is 4. The van der Waals surface area contributed by atoms with Gasteiger partial charge in [0, 0.05) is 32.1 Å². The van der Waals surface area contributed by atoms with E-state index in [1.165, 1.54) is 0 Å². The van der Waals surface area contributed by atoms with E-state index in [1.807, 2.05) is 71.6 Å². The van der Waals surface area contributed by atoms with E-state index in [9.17, 15) is 19.2 Å². The van der Waals surface area contributed by atoms with Crippen molar-refractivity contribution in [1.29, 1.82) is 0 Å². The molecule has 1 aliphatic carbocycles. The van der Waals surface area contributed by atoms with Gasteiger partial charge in [0.25, 0.3) is 5.91 Å². The van der Waals surface area contributed by atoms with E-state index in [4.69, 9.17) is 9.47 Å². The molecule has 3 aromatic rings. The molecular weight excluding hydrogens is 627 g/mol. The Kier molecular flexibility index (Phi) is 13.1. The number of esters is 1. The molecule has 9 nitrogen and oxygen atoms in total. The van der Waals surface area contributed by atoms with Gasteiger partial charge in [0.05, 0.1) is 30.6 Å². The van der Waals surface area contributed by atoms with Gasteiger partial charge in [-0.1, -0.05) is 66.7 Å². The lowest BCUT2D eigenvalue weighted by molar-refractivity contribution is -0.143. The van der Waals surface area contributed by atoms with Gasteiger partial charge in [-0.15, -0.1) is 0 Å². The third kappa shape index (κ3) is 8.03. The molecule has 3 amide bonds. The molecule has 3 aromatic carbocycles. The van der Waals surface area contributed by atoms with Crippen molar-refractivity contribution < 1.29 is 28.7 Å². The maximum Gasteiger partial charge on any atom is 0.305 e. The van der Waals surface area contributed by atoms with Gasteiger partial charge in [-0.3, -0.25) is 19.2 Å². The van der Waals surface area contributed by atoms with Crippen LogP contribution in [0.3, 0.4) is 0 Å². The van der Waals surface area contributed by atoms with Crippen LogP contribution in [0.2, 0.25) is 0 Å². The lowest BCUT2D eigenvalue weighted by atomic mass is 9.62. The average Bonchev–Trinajstić information content (AvgIpc) is 3.11. The normalized spacial score (nSPS) is 18.9. The number of para-hydroxylation sites is 1. The molecule has 0 bridgehead atoms. The van der Waals surface area contributed by atoms with Crippen LogP contribution in [-0.4, -0.2) is 68.0 Å². The predicted octanol–water partition coefficient (Wildman–Crippen LogP) is 5.24. The number of methoxy groups -OCH3 is 1. The fourth-order valence-corrected chi connectivity index (χ4v) is 7.03. The van der Waals surface area contributed by atoms with Crippen LogP contribution in [-0.2, 0) is 24.5 Å². The first-order valence-electron chi connectivity index (χ1n) is 16.7. The summed E-state index contributed by atoms with van der Waals surface area (Å²) < 4.78 is 10.4. The minimum Gasteiger partial charge on any atom is -0.496 e. The molecule has 1 heterocycles. The van der Waals surface area contributed by atoms with Crippen molar-refractivity contribution in [2.24, 2.45) is 0 Å². The Morgan fingerprint density at radius 3 is 2.29 bits per heavy atom. The molecule has 1 fully saturated rings. The number of amides is 3. The van der Waals surface area contributed by atoms with Crippen molar-refractivity contribution >= 4 is 37.2 Å². The van der Waals surface area contributed by atoms with Crippen LogP contribution in [0, 0.1) is 0 Å². The Balaban J connectivity index is 0.00000520. The summed E-state index contributed by atoms with van der Waals surface area (Å²) in [5.74, 6) is -0.262. The summed E-state index contributed by atoms with van der Waals surface area (Å²) in [7, 11) is 1.55. The van der Waals surface area contributed by atoms with Gasteiger partial charge in [-0.2, -0.15) is 13.5 Å². The van der Waals surface area contributed by atoms with Gasteiger partial charge in [0.1, 0.15) is 5.75 Å². The molecule has 2 N–H and O–H groups in total. The number of carbonyl (C=O) groups excluding carboxylic acids is 4. The number of unbranched alkanes of at least 4 members (excludes halogenated alkanes) is 1. The van der Waals surface area contributed by atoms with Crippen molar-refractivity contribution in [1.82, 2.24) is 15.5 Å². The smallest absolute Gasteiger partial charge is 0.305 e. The number of nitrogens with zero attached hydrogens (tertiary/aromatic N) is 1. The summed E-state index contributed by atoms with van der Waals surface area (Å²) in [4.78, 5) is 54.9. The van der Waals surface area contributed by atoms with Gasteiger partial charge in [-0.25, -0.2) is 0 Å². The summed E-state index contributed by atoms with van der Waals surface area (Å²) in [6.07, 6.45) is 3.96. The van der Waals surface area contributed by atoms with E-state index in [0.29, 0.717) is 82.5 Å². The van der Waals surface area contributed by atoms with Gasteiger partial charge in [0.15, 0.2) is 0 Å². The quantitative estimate of drug-likeness (QED) is 0.201. The number of hydrogen-bond donors (Lipinski definition) is 2. The van der Waals surface area contributed by atoms with Gasteiger partial charge < -0.3 is 25.0 Å². The van der Waals surface area contributed by atoms with Gasteiger partial charge in [0.2, 0.25) is 11.8 Å². The van der Waals surface area contributed by atoms with E-state index in [-0.39, 0.29) is 49.1 Å². The van der Waals surface area contributed by atoms with E-state index in [0.717, 1.165) is 16.7 Å². The fourth-order valence-electron chi connectivity index (χ4n) is 7.03. The van der Waals surface area contributed by atoms with Crippen molar-refractivity contribution in [3.63, 3.8) is 0 Å². The Labute approximate surface area is 290 Å². The monoisotopic (exact) mass is 673 g/mol. The lowest BCUT2D eigenvalue weighted by Crippen LogP contribution is -2.51. The zero-order valence-electron chi connectivity index (χ0n) is 27.8. The summed E-state index contributed by atoms with van der Waals surface area (Å²) >= 11 is 0. The lowest BCUT2D eigenvalue weighted by Gasteiger charge is -2.42. The average molecular weight is 674 g/mol. The maximum atomic E-state index is 14.2. The standard InChI is InChI=1S/C38H45N3O6.H2S/c1-3-47-34(42)19-11-12-24-39-37(45)38(27-13-5-4-6-14-27)23-20-30(29-15-7-9-17-32(29)38)36(44)41-25-21-28(22-26-41)40-35(43)31-16-8-10-18-33(31)46-2;/h4-10,13-18,28,30H,3,11-12,19-26H2,1-2H3,(H,39,45)(H,40,43);1H2/t30-,38+;/m0./s1. The molecule has 0 aromatic heterocycles. The highest BCUT2D eigenvalue weighted by Crippen LogP contribution is 2.48. The molecule has 2 aliphatic rings. The number of piperidine rings is 1. The molecule has 2 atom stereocenters. The molecule has 5 rings (SSSR count). The molecule has 1 aliphatic heterocycles. The molecule has 0 radical (unpaired) electrons. The largest absolute Gasteiger partial charge is 0.496 e. The van der Waals surface area contributed by atoms with Crippen LogP contribution in [0.4, 0.5) is 0 Å². The number of hydrogen-bond acceptors (Lipinski definition) is 6. The van der Waals surface area contributed by atoms with Crippen molar-refractivity contribution in [2.45, 2.75) is 69.2 Å². The molecule has 0 saturated carbocycles. The third-order valence-electron chi connectivity index (χ3n) is 9.45. The van der Waals surface area contributed by atoms with Crippen molar-refractivity contribution in [3.05, 3.63) is 101 Å². The van der Waals surface area contributed by atoms with Crippen LogP contribution in [0.1, 0.15) is 84.8 Å². The summed E-state index contributed by atoms with van der Waals surface area (Å²) in [6.45, 7) is 3.68. The van der Waals surface area contributed by atoms with Crippen LogP contribution in [0.15, 0.2) is 78.9 Å². The number of fused-ring (bicyclic) bond motifs is 1. The molecule has 48 heavy (non-hydrogen) atoms. The minimum atomic E-state index is -0.939. The maximum absolute atomic E-state index is 14.2. The van der Waals surface area contributed by atoms with Gasteiger partial charge >= 0.3 is 5.97 Å². The van der Waals surface area contributed by atoms with Crippen LogP contribution in [0.25, 0.3) is 0 Å². The van der Waals surface area contributed by atoms with E-state index in [2.05, 4.69) is 10.6 Å². The predicted molar refractivity (Wildman–Crippen MR) is 190 cm³/mol. The minimum absolute atomic E-state index is 0. The second-order valence-corrected chi connectivity index (χ2v) is 12.2.